The molecule has 1 aromatic carbocycles. The van der Waals surface area contributed by atoms with E-state index in [1.807, 2.05) is 12.1 Å². The zero-order valence-electron chi connectivity index (χ0n) is 11.4. The fraction of sp³-hybridized carbons (Fsp3) is 0.571. The Labute approximate surface area is 118 Å². The topological polar surface area (TPSA) is 41.9 Å². The molecule has 0 amide bonds. The van der Waals surface area contributed by atoms with Crippen molar-refractivity contribution in [3.05, 3.63) is 22.7 Å². The first-order valence-electron chi connectivity index (χ1n) is 6.54. The number of fused-ring (bicyclic) bond motifs is 1. The highest BCUT2D eigenvalue weighted by Gasteiger charge is 2.19. The fourth-order valence-corrected chi connectivity index (χ4v) is 2.43. The Morgan fingerprint density at radius 3 is 2.84 bits per heavy atom. The number of ether oxygens (including phenoxy) is 2. The maximum Gasteiger partial charge on any atom is 0.231 e. The first kappa shape index (κ1) is 14.4. The van der Waals surface area contributed by atoms with Crippen molar-refractivity contribution < 1.29 is 14.6 Å². The number of hydrogen-bond donors (Lipinski definition) is 1. The Bertz CT molecular complexity index is 437. The third-order valence-electron chi connectivity index (χ3n) is 3.21. The Morgan fingerprint density at radius 2 is 2.16 bits per heavy atom. The van der Waals surface area contributed by atoms with E-state index in [0.29, 0.717) is 22.6 Å². The van der Waals surface area contributed by atoms with Gasteiger partial charge < -0.3 is 14.6 Å². The molecule has 1 N–H and O–H groups in total. The molecule has 1 heterocycles. The molecule has 0 spiro atoms. The molecule has 0 saturated carbocycles. The predicted octanol–water partition coefficient (Wildman–Crippen LogP) is 2.66. The first-order valence-corrected chi connectivity index (χ1v) is 6.92. The van der Waals surface area contributed by atoms with E-state index in [9.17, 15) is 0 Å². The molecule has 1 aliphatic heterocycles. The molecule has 1 aromatic rings. The molecule has 0 aliphatic carbocycles. The molecule has 106 valence electrons. The lowest BCUT2D eigenvalue weighted by molar-refractivity contribution is 0.173. The summed E-state index contributed by atoms with van der Waals surface area (Å²) in [4.78, 5) is 2.30. The Balaban J connectivity index is 2.11. The quantitative estimate of drug-likeness (QED) is 0.872. The summed E-state index contributed by atoms with van der Waals surface area (Å²) in [6.45, 7) is 6.38. The van der Waals surface area contributed by atoms with Crippen LogP contribution in [0.25, 0.3) is 0 Å². The van der Waals surface area contributed by atoms with E-state index in [2.05, 4.69) is 18.7 Å². The minimum Gasteiger partial charge on any atom is -0.454 e. The van der Waals surface area contributed by atoms with Gasteiger partial charge in [-0.25, -0.2) is 0 Å². The van der Waals surface area contributed by atoms with Gasteiger partial charge in [0.1, 0.15) is 0 Å². The van der Waals surface area contributed by atoms with E-state index in [-0.39, 0.29) is 13.4 Å². The lowest BCUT2D eigenvalue weighted by atomic mass is 10.1. The third kappa shape index (κ3) is 3.53. The number of aliphatic hydroxyl groups excluding tert-OH is 1. The van der Waals surface area contributed by atoms with E-state index < -0.39 is 0 Å². The Hall–Kier alpha value is -0.970. The molecule has 0 saturated heterocycles. The van der Waals surface area contributed by atoms with Gasteiger partial charge in [-0.05, 0) is 38.0 Å². The molecule has 0 atom stereocenters. The number of benzene rings is 1. The van der Waals surface area contributed by atoms with Gasteiger partial charge >= 0.3 is 0 Å². The van der Waals surface area contributed by atoms with Gasteiger partial charge in [0.15, 0.2) is 11.5 Å². The SMILES string of the molecule is CC(C)N(CCCO)Cc1cc(Cl)c2c(c1)OCO2. The highest BCUT2D eigenvalue weighted by atomic mass is 35.5. The lowest BCUT2D eigenvalue weighted by Crippen LogP contribution is -2.31. The second kappa shape index (κ2) is 6.46. The molecule has 2 rings (SSSR count). The summed E-state index contributed by atoms with van der Waals surface area (Å²) in [6.07, 6.45) is 0.774. The maximum atomic E-state index is 8.95. The van der Waals surface area contributed by atoms with Gasteiger partial charge in [-0.1, -0.05) is 11.6 Å². The highest BCUT2D eigenvalue weighted by molar-refractivity contribution is 6.32. The number of aliphatic hydroxyl groups is 1. The zero-order valence-corrected chi connectivity index (χ0v) is 12.1. The molecule has 5 heteroatoms. The molecular formula is C14H20ClNO3. The van der Waals surface area contributed by atoms with Crippen LogP contribution in [0.4, 0.5) is 0 Å². The summed E-state index contributed by atoms with van der Waals surface area (Å²) in [5.41, 5.74) is 1.10. The van der Waals surface area contributed by atoms with Crippen LogP contribution in [0.2, 0.25) is 5.02 Å². The smallest absolute Gasteiger partial charge is 0.231 e. The fourth-order valence-electron chi connectivity index (χ4n) is 2.14. The summed E-state index contributed by atoms with van der Waals surface area (Å²) < 4.78 is 10.7. The maximum absolute atomic E-state index is 8.95. The van der Waals surface area contributed by atoms with E-state index in [0.717, 1.165) is 25.1 Å². The molecule has 0 fully saturated rings. The monoisotopic (exact) mass is 285 g/mol. The van der Waals surface area contributed by atoms with Gasteiger partial charge in [-0.2, -0.15) is 0 Å². The van der Waals surface area contributed by atoms with Crippen LogP contribution in [0.15, 0.2) is 12.1 Å². The van der Waals surface area contributed by atoms with Gasteiger partial charge in [0.05, 0.1) is 5.02 Å². The third-order valence-corrected chi connectivity index (χ3v) is 3.49. The number of rotatable bonds is 6. The number of halogens is 1. The minimum atomic E-state index is 0.213. The van der Waals surface area contributed by atoms with Crippen molar-refractivity contribution in [2.75, 3.05) is 19.9 Å². The Kier molecular flexibility index (Phi) is 4.91. The summed E-state index contributed by atoms with van der Waals surface area (Å²) >= 11 is 6.18. The van der Waals surface area contributed by atoms with Gasteiger partial charge in [-0.3, -0.25) is 4.90 Å². The highest BCUT2D eigenvalue weighted by Crippen LogP contribution is 2.40. The van der Waals surface area contributed by atoms with Crippen LogP contribution in [0, 0.1) is 0 Å². The van der Waals surface area contributed by atoms with Crippen LogP contribution >= 0.6 is 11.6 Å². The summed E-state index contributed by atoms with van der Waals surface area (Å²) in [5, 5.41) is 9.54. The largest absolute Gasteiger partial charge is 0.454 e. The predicted molar refractivity (Wildman–Crippen MR) is 74.8 cm³/mol. The van der Waals surface area contributed by atoms with E-state index in [1.54, 1.807) is 0 Å². The van der Waals surface area contributed by atoms with Crippen molar-refractivity contribution >= 4 is 11.6 Å². The first-order chi connectivity index (χ1) is 9.11. The molecule has 1 aliphatic rings. The number of nitrogens with zero attached hydrogens (tertiary/aromatic N) is 1. The van der Waals surface area contributed by atoms with Crippen molar-refractivity contribution in [3.8, 4) is 11.5 Å². The summed E-state index contributed by atoms with van der Waals surface area (Å²) in [5.74, 6) is 1.35. The second-order valence-electron chi connectivity index (χ2n) is 4.95. The van der Waals surface area contributed by atoms with Gasteiger partial charge in [0, 0.05) is 25.7 Å². The van der Waals surface area contributed by atoms with Crippen LogP contribution in [-0.4, -0.2) is 36.0 Å². The average Bonchev–Trinajstić information content (AvgIpc) is 2.82. The van der Waals surface area contributed by atoms with Crippen LogP contribution in [-0.2, 0) is 6.54 Å². The van der Waals surface area contributed by atoms with Gasteiger partial charge in [0.25, 0.3) is 0 Å². The van der Waals surface area contributed by atoms with Crippen molar-refractivity contribution in [1.29, 1.82) is 0 Å². The average molecular weight is 286 g/mol. The number of hydrogen-bond acceptors (Lipinski definition) is 4. The molecular weight excluding hydrogens is 266 g/mol. The van der Waals surface area contributed by atoms with Crippen molar-refractivity contribution in [2.45, 2.75) is 32.9 Å². The molecule has 19 heavy (non-hydrogen) atoms. The lowest BCUT2D eigenvalue weighted by Gasteiger charge is -2.26. The summed E-state index contributed by atoms with van der Waals surface area (Å²) in [7, 11) is 0. The minimum absolute atomic E-state index is 0.213. The van der Waals surface area contributed by atoms with Crippen LogP contribution in [0.5, 0.6) is 11.5 Å². The van der Waals surface area contributed by atoms with Gasteiger partial charge in [0.2, 0.25) is 6.79 Å². The van der Waals surface area contributed by atoms with Crippen molar-refractivity contribution in [2.24, 2.45) is 0 Å². The zero-order chi connectivity index (χ0) is 13.8. The summed E-state index contributed by atoms with van der Waals surface area (Å²) in [6, 6.07) is 4.31. The van der Waals surface area contributed by atoms with Crippen molar-refractivity contribution in [1.82, 2.24) is 4.90 Å². The molecule has 0 aromatic heterocycles. The molecule has 0 bridgehead atoms. The molecule has 0 radical (unpaired) electrons. The molecule has 4 nitrogen and oxygen atoms in total. The van der Waals surface area contributed by atoms with Gasteiger partial charge in [-0.15, -0.1) is 0 Å². The van der Waals surface area contributed by atoms with Crippen LogP contribution in [0.1, 0.15) is 25.8 Å². The van der Waals surface area contributed by atoms with E-state index >= 15 is 0 Å². The molecule has 0 unspecified atom stereocenters. The van der Waals surface area contributed by atoms with Crippen molar-refractivity contribution in [3.63, 3.8) is 0 Å². The van der Waals surface area contributed by atoms with Crippen LogP contribution < -0.4 is 9.47 Å². The standard InChI is InChI=1S/C14H20ClNO3/c1-10(2)16(4-3-5-17)8-11-6-12(15)14-13(7-11)18-9-19-14/h6-7,10,17H,3-5,8-9H2,1-2H3. The normalized spacial score (nSPS) is 13.6. The second-order valence-corrected chi connectivity index (χ2v) is 5.36. The van der Waals surface area contributed by atoms with E-state index in [1.165, 1.54) is 0 Å². The Morgan fingerprint density at radius 1 is 1.37 bits per heavy atom. The van der Waals surface area contributed by atoms with E-state index in [4.69, 9.17) is 26.2 Å². The van der Waals surface area contributed by atoms with Crippen LogP contribution in [0.3, 0.4) is 0 Å².